The summed E-state index contributed by atoms with van der Waals surface area (Å²) < 4.78 is 25.2. The smallest absolute Gasteiger partial charge is 0.267 e. The number of hydrogen-bond donors (Lipinski definition) is 1. The van der Waals surface area contributed by atoms with Gasteiger partial charge in [0.15, 0.2) is 9.84 Å². The van der Waals surface area contributed by atoms with Gasteiger partial charge in [-0.1, -0.05) is 72.8 Å². The second-order valence-electron chi connectivity index (χ2n) is 6.72. The minimum absolute atomic E-state index is 0.00340. The molecule has 0 radical (unpaired) electrons. The maximum Gasteiger partial charge on any atom is 0.272 e. The number of nitrogens with one attached hydrogen (secondary N) is 1. The fourth-order valence-electron chi connectivity index (χ4n) is 2.81. The number of hydrogen-bond acceptors (Lipinski definition) is 4. The zero-order chi connectivity index (χ0) is 20.9. The molecule has 0 heterocycles. The van der Waals surface area contributed by atoms with Crippen LogP contribution in [0.1, 0.15) is 35.3 Å². The molecule has 0 aromatic heterocycles. The van der Waals surface area contributed by atoms with Crippen molar-refractivity contribution in [1.29, 1.82) is 0 Å². The Morgan fingerprint density at radius 1 is 0.793 bits per heavy atom. The Hall–Kier alpha value is -3.25. The molecule has 0 aliphatic heterocycles. The number of amides is 1. The number of carbonyl (C=O) groups excluding carboxylic acids is 1. The van der Waals surface area contributed by atoms with Crippen molar-refractivity contribution in [3.05, 3.63) is 102 Å². The minimum Gasteiger partial charge on any atom is -0.267 e. The van der Waals surface area contributed by atoms with Crippen LogP contribution in [0.5, 0.6) is 0 Å². The fourth-order valence-corrected chi connectivity index (χ4v) is 4.05. The van der Waals surface area contributed by atoms with Gasteiger partial charge in [0.25, 0.3) is 5.91 Å². The zero-order valence-electron chi connectivity index (χ0n) is 16.2. The van der Waals surface area contributed by atoms with E-state index in [-0.39, 0.29) is 10.5 Å². The molecule has 0 saturated carbocycles. The highest BCUT2D eigenvalue weighted by Crippen LogP contribution is 2.20. The lowest BCUT2D eigenvalue weighted by Crippen LogP contribution is -2.24. The van der Waals surface area contributed by atoms with E-state index in [4.69, 9.17) is 0 Å². The number of benzene rings is 3. The zero-order valence-corrected chi connectivity index (χ0v) is 17.1. The van der Waals surface area contributed by atoms with E-state index in [1.165, 1.54) is 12.1 Å². The summed E-state index contributed by atoms with van der Waals surface area (Å²) >= 11 is 0. The molecule has 0 aliphatic rings. The van der Waals surface area contributed by atoms with Gasteiger partial charge in [-0.25, -0.2) is 13.8 Å². The first-order valence-electron chi connectivity index (χ1n) is 9.23. The highest BCUT2D eigenvalue weighted by Gasteiger charge is 2.25. The Kier molecular flexibility index (Phi) is 6.24. The van der Waals surface area contributed by atoms with E-state index in [9.17, 15) is 13.2 Å². The molecule has 0 aliphatic carbocycles. The third-order valence-corrected chi connectivity index (χ3v) is 6.63. The Morgan fingerprint density at radius 3 is 1.79 bits per heavy atom. The van der Waals surface area contributed by atoms with Crippen molar-refractivity contribution in [3.63, 3.8) is 0 Å². The number of nitrogens with zero attached hydrogens (tertiary/aromatic N) is 1. The Labute approximate surface area is 171 Å². The predicted molar refractivity (Wildman–Crippen MR) is 115 cm³/mol. The SMILES string of the molecule is CC(C)S(=O)(=O)c1ccccc1C(=O)NN=C(c1ccccc1)c1ccccc1. The van der Waals surface area contributed by atoms with Crippen molar-refractivity contribution in [1.82, 2.24) is 5.43 Å². The first-order valence-corrected chi connectivity index (χ1v) is 10.8. The van der Waals surface area contributed by atoms with Crippen molar-refractivity contribution in [2.45, 2.75) is 24.0 Å². The molecule has 0 unspecified atom stereocenters. The van der Waals surface area contributed by atoms with Gasteiger partial charge >= 0.3 is 0 Å². The average Bonchev–Trinajstić information content (AvgIpc) is 2.75. The molecule has 3 aromatic rings. The maximum atomic E-state index is 12.8. The highest BCUT2D eigenvalue weighted by molar-refractivity contribution is 7.92. The quantitative estimate of drug-likeness (QED) is 0.496. The van der Waals surface area contributed by atoms with Gasteiger partial charge in [-0.05, 0) is 26.0 Å². The molecule has 0 spiro atoms. The molecule has 0 bridgehead atoms. The van der Waals surface area contributed by atoms with Gasteiger partial charge in [-0.3, -0.25) is 4.79 Å². The van der Waals surface area contributed by atoms with Crippen LogP contribution in [0.2, 0.25) is 0 Å². The molecule has 148 valence electrons. The summed E-state index contributed by atoms with van der Waals surface area (Å²) in [5.74, 6) is -0.575. The lowest BCUT2D eigenvalue weighted by atomic mass is 10.0. The van der Waals surface area contributed by atoms with Crippen LogP contribution in [-0.2, 0) is 9.84 Å². The van der Waals surface area contributed by atoms with Crippen LogP contribution in [0.4, 0.5) is 0 Å². The van der Waals surface area contributed by atoms with Crippen molar-refractivity contribution in [2.75, 3.05) is 0 Å². The first-order chi connectivity index (χ1) is 13.9. The number of sulfone groups is 1. The largest absolute Gasteiger partial charge is 0.272 e. The summed E-state index contributed by atoms with van der Waals surface area (Å²) in [6.07, 6.45) is 0. The summed E-state index contributed by atoms with van der Waals surface area (Å²) in [6, 6.07) is 25.1. The molecule has 1 N–H and O–H groups in total. The minimum atomic E-state index is -3.60. The molecule has 29 heavy (non-hydrogen) atoms. The Balaban J connectivity index is 1.99. The van der Waals surface area contributed by atoms with Gasteiger partial charge in [0.05, 0.1) is 21.4 Å². The molecule has 0 fully saturated rings. The van der Waals surface area contributed by atoms with Gasteiger partial charge in [-0.2, -0.15) is 5.10 Å². The van der Waals surface area contributed by atoms with Crippen LogP contribution in [0, 0.1) is 0 Å². The lowest BCUT2D eigenvalue weighted by Gasteiger charge is -2.12. The van der Waals surface area contributed by atoms with E-state index in [1.54, 1.807) is 26.0 Å². The van der Waals surface area contributed by atoms with E-state index in [1.807, 2.05) is 60.7 Å². The van der Waals surface area contributed by atoms with Crippen molar-refractivity contribution in [2.24, 2.45) is 5.10 Å². The molecule has 3 rings (SSSR count). The van der Waals surface area contributed by atoms with Crippen LogP contribution in [-0.4, -0.2) is 25.3 Å². The molecule has 3 aromatic carbocycles. The van der Waals surface area contributed by atoms with Gasteiger partial charge in [0, 0.05) is 11.1 Å². The van der Waals surface area contributed by atoms with Gasteiger partial charge in [-0.15, -0.1) is 0 Å². The lowest BCUT2D eigenvalue weighted by molar-refractivity contribution is 0.0951. The summed E-state index contributed by atoms with van der Waals surface area (Å²) in [7, 11) is -3.60. The molecular formula is C23H22N2O3S. The molecule has 0 saturated heterocycles. The molecule has 1 amide bonds. The molecule has 0 atom stereocenters. The van der Waals surface area contributed by atoms with Crippen molar-refractivity contribution < 1.29 is 13.2 Å². The summed E-state index contributed by atoms with van der Waals surface area (Å²) in [5, 5.41) is 3.70. The summed E-state index contributed by atoms with van der Waals surface area (Å²) in [4.78, 5) is 12.8. The summed E-state index contributed by atoms with van der Waals surface area (Å²) in [6.45, 7) is 3.18. The van der Waals surface area contributed by atoms with E-state index < -0.39 is 21.0 Å². The van der Waals surface area contributed by atoms with E-state index in [0.29, 0.717) is 5.71 Å². The van der Waals surface area contributed by atoms with Crippen molar-refractivity contribution in [3.8, 4) is 0 Å². The van der Waals surface area contributed by atoms with Gasteiger partial charge in [0.2, 0.25) is 0 Å². The molecule has 5 nitrogen and oxygen atoms in total. The van der Waals surface area contributed by atoms with E-state index >= 15 is 0 Å². The Bertz CT molecular complexity index is 1080. The van der Waals surface area contributed by atoms with Crippen LogP contribution >= 0.6 is 0 Å². The maximum absolute atomic E-state index is 12.8. The Morgan fingerprint density at radius 2 is 1.28 bits per heavy atom. The molecular weight excluding hydrogens is 384 g/mol. The fraction of sp³-hybridized carbons (Fsp3) is 0.130. The topological polar surface area (TPSA) is 75.6 Å². The van der Waals surface area contributed by atoms with Crippen LogP contribution in [0.15, 0.2) is 94.9 Å². The number of carbonyl (C=O) groups is 1. The third-order valence-electron chi connectivity index (χ3n) is 4.42. The third kappa shape index (κ3) is 4.60. The normalized spacial score (nSPS) is 11.1. The summed E-state index contributed by atoms with van der Waals surface area (Å²) in [5.41, 5.74) is 4.86. The van der Waals surface area contributed by atoms with Crippen LogP contribution < -0.4 is 5.43 Å². The van der Waals surface area contributed by atoms with Crippen LogP contribution in [0.25, 0.3) is 0 Å². The molecule has 6 heteroatoms. The van der Waals surface area contributed by atoms with Crippen molar-refractivity contribution >= 4 is 21.5 Å². The van der Waals surface area contributed by atoms with Gasteiger partial charge < -0.3 is 0 Å². The second kappa shape index (κ2) is 8.84. The second-order valence-corrected chi connectivity index (χ2v) is 9.20. The van der Waals surface area contributed by atoms with E-state index in [0.717, 1.165) is 11.1 Å². The monoisotopic (exact) mass is 406 g/mol. The van der Waals surface area contributed by atoms with Crippen LogP contribution in [0.3, 0.4) is 0 Å². The standard InChI is InChI=1S/C23H22N2O3S/c1-17(2)29(27,28)21-16-10-9-15-20(21)23(26)25-24-22(18-11-5-3-6-12-18)19-13-7-4-8-14-19/h3-17H,1-2H3,(H,25,26). The van der Waals surface area contributed by atoms with Gasteiger partial charge in [0.1, 0.15) is 0 Å². The number of hydrazone groups is 1. The predicted octanol–water partition coefficient (Wildman–Crippen LogP) is 4.05. The first kappa shape index (κ1) is 20.5. The van der Waals surface area contributed by atoms with E-state index in [2.05, 4.69) is 10.5 Å². The average molecular weight is 407 g/mol. The number of rotatable bonds is 6. The highest BCUT2D eigenvalue weighted by atomic mass is 32.2.